The number of rotatable bonds is 10. The van der Waals surface area contributed by atoms with Gasteiger partial charge in [-0.05, 0) is 0 Å². The second-order valence-electron chi connectivity index (χ2n) is 3.74. The molecule has 0 aromatic rings. The van der Waals surface area contributed by atoms with Crippen LogP contribution in [0.3, 0.4) is 0 Å². The van der Waals surface area contributed by atoms with Gasteiger partial charge in [0.2, 0.25) is 0 Å². The minimum Gasteiger partial charge on any atom is -0.388 e. The Morgan fingerprint density at radius 3 is 1.35 bits per heavy atom. The normalized spacial score (nSPS) is 16.5. The average Bonchev–Trinajstić information content (AvgIpc) is 2.41. The van der Waals surface area contributed by atoms with Crippen LogP contribution in [0.15, 0.2) is 0 Å². The fraction of sp³-hybridized carbons (Fsp3) is 1.00. The molecule has 0 amide bonds. The van der Waals surface area contributed by atoms with Gasteiger partial charge in [-0.2, -0.15) is 17.6 Å². The monoisotopic (exact) mass is 320 g/mol. The number of halogens is 8. The summed E-state index contributed by atoms with van der Waals surface area (Å²) in [6, 6.07) is 0. The van der Waals surface area contributed by atoms with Crippen LogP contribution in [0.2, 0.25) is 0 Å². The van der Waals surface area contributed by atoms with Gasteiger partial charge in [-0.1, -0.05) is 0 Å². The summed E-state index contributed by atoms with van der Waals surface area (Å²) in [7, 11) is 0. The van der Waals surface area contributed by atoms with Crippen LogP contribution in [-0.2, 0) is 9.47 Å². The number of aliphatic hydroxyl groups is 1. The lowest BCUT2D eigenvalue weighted by Crippen LogP contribution is -2.39. The average molecular weight is 320 g/mol. The zero-order chi connectivity index (χ0) is 16.0. The van der Waals surface area contributed by atoms with E-state index in [-0.39, 0.29) is 0 Å². The third kappa shape index (κ3) is 6.18. The smallest absolute Gasteiger partial charge is 0.330 e. The van der Waals surface area contributed by atoms with Gasteiger partial charge >= 0.3 is 11.8 Å². The minimum absolute atomic E-state index is 1.19. The van der Waals surface area contributed by atoms with E-state index in [2.05, 4.69) is 9.47 Å². The Balaban J connectivity index is 4.04. The topological polar surface area (TPSA) is 38.7 Å². The molecule has 0 aromatic carbocycles. The molecule has 0 fully saturated rings. The van der Waals surface area contributed by atoms with E-state index in [0.29, 0.717) is 0 Å². The summed E-state index contributed by atoms with van der Waals surface area (Å²) in [5.41, 5.74) is 0. The van der Waals surface area contributed by atoms with E-state index in [1.54, 1.807) is 0 Å². The molecular weight excluding hydrogens is 308 g/mol. The molecule has 0 bridgehead atoms. The Hall–Kier alpha value is -0.680. The first kappa shape index (κ1) is 19.3. The fourth-order valence-electron chi connectivity index (χ4n) is 0.804. The SMILES string of the molecule is OC(CO[C@@H](F)C(F)(F)CF)CO[C@@H](F)C(F)(F)CF. The molecule has 11 heteroatoms. The summed E-state index contributed by atoms with van der Waals surface area (Å²) in [4.78, 5) is 0. The van der Waals surface area contributed by atoms with E-state index < -0.39 is 57.2 Å². The van der Waals surface area contributed by atoms with E-state index >= 15 is 0 Å². The second-order valence-corrected chi connectivity index (χ2v) is 3.74. The Kier molecular flexibility index (Phi) is 7.66. The predicted molar refractivity (Wildman–Crippen MR) is 49.5 cm³/mol. The van der Waals surface area contributed by atoms with E-state index in [1.807, 2.05) is 0 Å². The molecule has 0 spiro atoms. The van der Waals surface area contributed by atoms with Crippen molar-refractivity contribution in [3.05, 3.63) is 0 Å². The van der Waals surface area contributed by atoms with Crippen molar-refractivity contribution in [3.63, 3.8) is 0 Å². The van der Waals surface area contributed by atoms with Crippen molar-refractivity contribution in [2.24, 2.45) is 0 Å². The summed E-state index contributed by atoms with van der Waals surface area (Å²) in [6.45, 7) is -7.08. The molecule has 20 heavy (non-hydrogen) atoms. The maximum atomic E-state index is 12.6. The molecule has 0 unspecified atom stereocenters. The largest absolute Gasteiger partial charge is 0.388 e. The minimum atomic E-state index is -4.44. The molecule has 0 saturated carbocycles. The van der Waals surface area contributed by atoms with Crippen LogP contribution in [0.1, 0.15) is 0 Å². The first-order chi connectivity index (χ1) is 9.06. The first-order valence-corrected chi connectivity index (χ1v) is 5.13. The zero-order valence-corrected chi connectivity index (χ0v) is 9.85. The van der Waals surface area contributed by atoms with Gasteiger partial charge in [-0.15, -0.1) is 0 Å². The predicted octanol–water partition coefficient (Wildman–Crippen LogP) is 2.18. The molecule has 0 aliphatic heterocycles. The Morgan fingerprint density at radius 2 is 1.10 bits per heavy atom. The van der Waals surface area contributed by atoms with Gasteiger partial charge in [0.25, 0.3) is 12.7 Å². The van der Waals surface area contributed by atoms with Gasteiger partial charge in [0.1, 0.15) is 6.10 Å². The summed E-state index contributed by atoms with van der Waals surface area (Å²) in [5.74, 6) is -8.88. The lowest BCUT2D eigenvalue weighted by Gasteiger charge is -2.21. The van der Waals surface area contributed by atoms with Crippen LogP contribution in [-0.4, -0.2) is 62.3 Å². The highest BCUT2D eigenvalue weighted by Gasteiger charge is 2.43. The molecule has 2 atom stereocenters. The number of aliphatic hydroxyl groups excluding tert-OH is 1. The molecule has 0 aromatic heterocycles. The van der Waals surface area contributed by atoms with Gasteiger partial charge in [-0.3, -0.25) is 0 Å². The third-order valence-electron chi connectivity index (χ3n) is 1.89. The van der Waals surface area contributed by atoms with Gasteiger partial charge in [0.05, 0.1) is 13.2 Å². The van der Waals surface area contributed by atoms with Crippen molar-refractivity contribution in [1.82, 2.24) is 0 Å². The molecule has 0 heterocycles. The highest BCUT2D eigenvalue weighted by molar-refractivity contribution is 4.70. The van der Waals surface area contributed by atoms with Crippen molar-refractivity contribution in [2.45, 2.75) is 30.7 Å². The van der Waals surface area contributed by atoms with Crippen molar-refractivity contribution in [1.29, 1.82) is 0 Å². The van der Waals surface area contributed by atoms with Gasteiger partial charge in [0, 0.05) is 0 Å². The van der Waals surface area contributed by atoms with Crippen LogP contribution in [0, 0.1) is 0 Å². The summed E-state index contributed by atoms with van der Waals surface area (Å²) >= 11 is 0. The lowest BCUT2D eigenvalue weighted by molar-refractivity contribution is -0.229. The molecule has 0 saturated heterocycles. The molecule has 122 valence electrons. The quantitative estimate of drug-likeness (QED) is 0.627. The first-order valence-electron chi connectivity index (χ1n) is 5.13. The summed E-state index contributed by atoms with van der Waals surface area (Å²) in [6.07, 6.45) is -8.71. The van der Waals surface area contributed by atoms with Crippen molar-refractivity contribution >= 4 is 0 Å². The van der Waals surface area contributed by atoms with Crippen LogP contribution >= 0.6 is 0 Å². The van der Waals surface area contributed by atoms with Crippen molar-refractivity contribution in [2.75, 3.05) is 26.6 Å². The van der Waals surface area contributed by atoms with Crippen molar-refractivity contribution in [3.8, 4) is 0 Å². The Labute approximate surface area is 108 Å². The van der Waals surface area contributed by atoms with Crippen molar-refractivity contribution < 1.29 is 49.7 Å². The molecule has 0 rings (SSSR count). The number of ether oxygens (including phenoxy) is 2. The fourth-order valence-corrected chi connectivity index (χ4v) is 0.804. The Morgan fingerprint density at radius 1 is 0.800 bits per heavy atom. The highest BCUT2D eigenvalue weighted by atomic mass is 19.3. The maximum Gasteiger partial charge on any atom is 0.330 e. The van der Waals surface area contributed by atoms with E-state index in [9.17, 15) is 35.1 Å². The van der Waals surface area contributed by atoms with Crippen LogP contribution < -0.4 is 0 Å². The molecule has 0 radical (unpaired) electrons. The van der Waals surface area contributed by atoms with E-state index in [4.69, 9.17) is 5.11 Å². The summed E-state index contributed by atoms with van der Waals surface area (Å²) in [5, 5.41) is 8.96. The maximum absolute atomic E-state index is 12.6. The number of hydrogen-bond donors (Lipinski definition) is 1. The van der Waals surface area contributed by atoms with Crippen LogP contribution in [0.5, 0.6) is 0 Å². The third-order valence-corrected chi connectivity index (χ3v) is 1.89. The molecule has 3 nitrogen and oxygen atoms in total. The van der Waals surface area contributed by atoms with Gasteiger partial charge in [0.15, 0.2) is 13.3 Å². The highest BCUT2D eigenvalue weighted by Crippen LogP contribution is 2.24. The molecule has 0 aliphatic rings. The summed E-state index contributed by atoms with van der Waals surface area (Å²) < 4.78 is 105. The molecule has 1 N–H and O–H groups in total. The number of alkyl halides is 8. The van der Waals surface area contributed by atoms with E-state index in [1.165, 1.54) is 0 Å². The molecule has 0 aliphatic carbocycles. The second kappa shape index (κ2) is 7.93. The van der Waals surface area contributed by atoms with Gasteiger partial charge < -0.3 is 14.6 Å². The standard InChI is InChI=1S/C9H12F8O3/c10-3-8(14,15)6(12)19-1-5(18)2-20-7(13)9(16,17)4-11/h5-7,18H,1-4H2/t6-,7-/m1/s1. The van der Waals surface area contributed by atoms with Gasteiger partial charge in [-0.25, -0.2) is 17.6 Å². The lowest BCUT2D eigenvalue weighted by atomic mass is 10.3. The van der Waals surface area contributed by atoms with Crippen LogP contribution in [0.4, 0.5) is 35.1 Å². The van der Waals surface area contributed by atoms with E-state index in [0.717, 1.165) is 0 Å². The zero-order valence-electron chi connectivity index (χ0n) is 9.85. The molecular formula is C9H12F8O3. The van der Waals surface area contributed by atoms with Crippen LogP contribution in [0.25, 0.3) is 0 Å². The Bertz CT molecular complexity index is 252. The number of hydrogen-bond acceptors (Lipinski definition) is 3.